The van der Waals surface area contributed by atoms with Crippen molar-refractivity contribution in [1.82, 2.24) is 40.1 Å². The van der Waals surface area contributed by atoms with E-state index in [1.54, 1.807) is 18.7 Å². The van der Waals surface area contributed by atoms with Crippen LogP contribution < -0.4 is 4.90 Å². The van der Waals surface area contributed by atoms with Crippen LogP contribution in [0.5, 0.6) is 0 Å². The molecule has 0 unspecified atom stereocenters. The summed E-state index contributed by atoms with van der Waals surface area (Å²) in [6, 6.07) is 48.5. The molecule has 9 heteroatoms. The largest absolute Gasteiger partial charge is 0.350 e. The number of nitrogens with zero attached hydrogens (tertiary/aromatic N) is 9. The molecule has 0 saturated carbocycles. The molecule has 0 radical (unpaired) electrons. The van der Waals surface area contributed by atoms with E-state index in [-0.39, 0.29) is 0 Å². The highest BCUT2D eigenvalue weighted by atomic mass is 15.6. The van der Waals surface area contributed by atoms with Gasteiger partial charge in [-0.25, -0.2) is 24.6 Å². The first-order valence-corrected chi connectivity index (χ1v) is 17.6. The van der Waals surface area contributed by atoms with Crippen LogP contribution in [0.3, 0.4) is 0 Å². The van der Waals surface area contributed by atoms with Gasteiger partial charge in [0.25, 0.3) is 0 Å². The Morgan fingerprint density at radius 1 is 0.615 bits per heavy atom. The number of unbranched alkanes of at least 4 members (excludes halogenated alkanes) is 1. The topological polar surface area (TPSA) is 98.4 Å². The second-order valence-electron chi connectivity index (χ2n) is 12.7. The lowest BCUT2D eigenvalue weighted by atomic mass is 9.77. The Kier molecular flexibility index (Phi) is 9.21. The van der Waals surface area contributed by atoms with Crippen LogP contribution >= 0.6 is 0 Å². The molecule has 5 aromatic carbocycles. The molecule has 9 nitrogen and oxygen atoms in total. The quantitative estimate of drug-likeness (QED) is 0.119. The van der Waals surface area contributed by atoms with Crippen LogP contribution in [0.25, 0.3) is 33.7 Å². The fourth-order valence-corrected chi connectivity index (χ4v) is 7.05. The minimum absolute atomic E-state index is 0.596. The molecule has 8 rings (SSSR count). The van der Waals surface area contributed by atoms with E-state index < -0.39 is 5.54 Å². The molecule has 0 aliphatic carbocycles. The van der Waals surface area contributed by atoms with E-state index in [4.69, 9.17) is 10.3 Å². The molecule has 254 valence electrons. The van der Waals surface area contributed by atoms with E-state index in [1.807, 2.05) is 28.9 Å². The number of benzene rings is 5. The highest BCUT2D eigenvalue weighted by molar-refractivity contribution is 5.83. The Hall–Kier alpha value is -6.61. The van der Waals surface area contributed by atoms with E-state index in [9.17, 15) is 0 Å². The van der Waals surface area contributed by atoms with Crippen LogP contribution in [0.15, 0.2) is 158 Å². The first-order valence-electron chi connectivity index (χ1n) is 17.6. The van der Waals surface area contributed by atoms with Gasteiger partial charge in [-0.15, -0.1) is 5.10 Å². The number of hydrogen-bond donors (Lipinski definition) is 0. The zero-order valence-electron chi connectivity index (χ0n) is 28.9. The van der Waals surface area contributed by atoms with Crippen LogP contribution in [0.4, 0.5) is 5.82 Å². The molecule has 0 aliphatic rings. The van der Waals surface area contributed by atoms with Crippen LogP contribution in [0.1, 0.15) is 42.0 Å². The fraction of sp³-hybridized carbons (Fsp3) is 0.140. The second-order valence-corrected chi connectivity index (χ2v) is 12.7. The molecule has 0 amide bonds. The fourth-order valence-electron chi connectivity index (χ4n) is 7.05. The molecule has 0 atom stereocenters. The summed E-state index contributed by atoms with van der Waals surface area (Å²) in [6.07, 6.45) is 7.03. The minimum atomic E-state index is -0.850. The van der Waals surface area contributed by atoms with Crippen molar-refractivity contribution in [2.45, 2.75) is 31.8 Å². The molecule has 0 saturated heterocycles. The number of aromatic nitrogens is 8. The number of tetrazole rings is 1. The predicted octanol–water partition coefficient (Wildman–Crippen LogP) is 8.39. The van der Waals surface area contributed by atoms with Gasteiger partial charge >= 0.3 is 0 Å². The van der Waals surface area contributed by atoms with E-state index in [1.165, 1.54) is 0 Å². The molecular weight excluding hydrogens is 643 g/mol. The summed E-state index contributed by atoms with van der Waals surface area (Å²) in [7, 11) is 0. The van der Waals surface area contributed by atoms with E-state index in [0.29, 0.717) is 23.5 Å². The third-order valence-electron chi connectivity index (χ3n) is 9.50. The van der Waals surface area contributed by atoms with Crippen molar-refractivity contribution in [2.75, 3.05) is 11.4 Å². The highest BCUT2D eigenvalue weighted by Gasteiger charge is 2.42. The van der Waals surface area contributed by atoms with E-state index in [0.717, 1.165) is 64.1 Å². The van der Waals surface area contributed by atoms with Gasteiger partial charge in [0.05, 0.1) is 0 Å². The molecule has 0 fully saturated rings. The van der Waals surface area contributed by atoms with Crippen molar-refractivity contribution in [2.24, 2.45) is 0 Å². The zero-order valence-corrected chi connectivity index (χ0v) is 28.9. The molecular formula is C43H37N9. The number of anilines is 1. The van der Waals surface area contributed by atoms with Gasteiger partial charge in [-0.3, -0.25) is 0 Å². The van der Waals surface area contributed by atoms with Gasteiger partial charge in [0.15, 0.2) is 22.8 Å². The normalized spacial score (nSPS) is 11.5. The summed E-state index contributed by atoms with van der Waals surface area (Å²) in [4.78, 5) is 20.2. The lowest BCUT2D eigenvalue weighted by Crippen LogP contribution is -2.39. The minimum Gasteiger partial charge on any atom is -0.350 e. The second kappa shape index (κ2) is 14.7. The standard InChI is InChI=1S/C43H37N9/c1-2-3-29-51(42-39-40(46-31-47-42)45-28-27-44-39)30-32-23-25-33(26-24-32)37-21-13-14-22-38(37)41-48-49-50-52(41)43(34-15-7-4-8-16-34,35-17-9-5-10-18-35)36-19-11-6-12-20-36/h4-28,31H,2-3,29-30H2,1H3. The molecule has 3 heterocycles. The SMILES string of the molecule is CCCCN(Cc1ccc(-c2ccccc2-c2nnnn2C(c2ccccc2)(c2ccccc2)c2ccccc2)cc1)c1ncnc2nccnc12. The number of rotatable bonds is 12. The van der Waals surface area contributed by atoms with Crippen molar-refractivity contribution in [3.63, 3.8) is 0 Å². The molecule has 0 N–H and O–H groups in total. The van der Waals surface area contributed by atoms with Gasteiger partial charge in [-0.05, 0) is 50.2 Å². The molecule has 0 aliphatic heterocycles. The van der Waals surface area contributed by atoms with Gasteiger partial charge in [-0.1, -0.05) is 153 Å². The maximum absolute atomic E-state index is 4.78. The maximum atomic E-state index is 4.78. The average molecular weight is 680 g/mol. The predicted molar refractivity (Wildman–Crippen MR) is 204 cm³/mol. The summed E-state index contributed by atoms with van der Waals surface area (Å²) >= 11 is 0. The highest BCUT2D eigenvalue weighted by Crippen LogP contribution is 2.43. The van der Waals surface area contributed by atoms with Gasteiger partial charge in [0.2, 0.25) is 0 Å². The van der Waals surface area contributed by atoms with Crippen molar-refractivity contribution in [1.29, 1.82) is 0 Å². The Morgan fingerprint density at radius 3 is 1.85 bits per heavy atom. The Bertz CT molecular complexity index is 2280. The molecule has 52 heavy (non-hydrogen) atoms. The van der Waals surface area contributed by atoms with Gasteiger partial charge in [0.1, 0.15) is 11.9 Å². The molecule has 8 aromatic rings. The zero-order chi connectivity index (χ0) is 35.2. The number of hydrogen-bond acceptors (Lipinski definition) is 8. The van der Waals surface area contributed by atoms with Crippen molar-refractivity contribution in [3.8, 4) is 22.5 Å². The van der Waals surface area contributed by atoms with Crippen LogP contribution in [-0.4, -0.2) is 46.7 Å². The van der Waals surface area contributed by atoms with Gasteiger partial charge < -0.3 is 4.90 Å². The maximum Gasteiger partial charge on any atom is 0.184 e. The van der Waals surface area contributed by atoms with Crippen molar-refractivity contribution >= 4 is 17.0 Å². The summed E-state index contributed by atoms with van der Waals surface area (Å²) in [5.74, 6) is 1.46. The van der Waals surface area contributed by atoms with E-state index >= 15 is 0 Å². The molecule has 0 bridgehead atoms. The first-order chi connectivity index (χ1) is 25.8. The third kappa shape index (κ3) is 6.06. The van der Waals surface area contributed by atoms with Gasteiger partial charge in [0, 0.05) is 31.0 Å². The van der Waals surface area contributed by atoms with Gasteiger partial charge in [-0.2, -0.15) is 0 Å². The van der Waals surface area contributed by atoms with Crippen LogP contribution in [0.2, 0.25) is 0 Å². The summed E-state index contributed by atoms with van der Waals surface area (Å²) < 4.78 is 1.99. The van der Waals surface area contributed by atoms with E-state index in [2.05, 4.69) is 152 Å². The lowest BCUT2D eigenvalue weighted by molar-refractivity contribution is 0.451. The Labute approximate surface area is 302 Å². The number of fused-ring (bicyclic) bond motifs is 1. The Morgan fingerprint density at radius 2 is 1.21 bits per heavy atom. The van der Waals surface area contributed by atoms with Crippen molar-refractivity contribution in [3.05, 3.63) is 181 Å². The lowest BCUT2D eigenvalue weighted by Gasteiger charge is -2.36. The molecule has 0 spiro atoms. The van der Waals surface area contributed by atoms with Crippen molar-refractivity contribution < 1.29 is 0 Å². The summed E-state index contributed by atoms with van der Waals surface area (Å²) in [5.41, 5.74) is 7.81. The average Bonchev–Trinajstić information content (AvgIpc) is 3.71. The van der Waals surface area contributed by atoms with Crippen LogP contribution in [-0.2, 0) is 12.1 Å². The smallest absolute Gasteiger partial charge is 0.184 e. The Balaban J connectivity index is 1.21. The monoisotopic (exact) mass is 679 g/mol. The summed E-state index contributed by atoms with van der Waals surface area (Å²) in [6.45, 7) is 3.72. The van der Waals surface area contributed by atoms with Crippen LogP contribution in [0, 0.1) is 0 Å². The first kappa shape index (κ1) is 32.6. The summed E-state index contributed by atoms with van der Waals surface area (Å²) in [5, 5.41) is 13.8. The molecule has 3 aromatic heterocycles. The third-order valence-corrected chi connectivity index (χ3v) is 9.50.